The normalized spacial score (nSPS) is 16.1. The zero-order chi connectivity index (χ0) is 23.8. The van der Waals surface area contributed by atoms with Crippen LogP contribution in [-0.2, 0) is 17.8 Å². The molecule has 2 amide bonds. The molecule has 0 unspecified atom stereocenters. The molecule has 0 saturated heterocycles. The van der Waals surface area contributed by atoms with Crippen LogP contribution in [-0.4, -0.2) is 53.0 Å². The van der Waals surface area contributed by atoms with Crippen molar-refractivity contribution in [1.29, 1.82) is 0 Å². The number of aromatic nitrogens is 1. The molecule has 2 heterocycles. The minimum atomic E-state index is -0.134. The third-order valence-electron chi connectivity index (χ3n) is 5.92. The molecule has 176 valence electrons. The van der Waals surface area contributed by atoms with E-state index in [-0.39, 0.29) is 17.6 Å². The number of nitrogens with zero attached hydrogens (tertiary/aromatic N) is 2. The van der Waals surface area contributed by atoms with Gasteiger partial charge in [-0.05, 0) is 72.8 Å². The number of fused-ring (bicyclic) bond motifs is 5. The van der Waals surface area contributed by atoms with Crippen molar-refractivity contribution in [3.8, 4) is 16.9 Å². The van der Waals surface area contributed by atoms with E-state index in [0.717, 1.165) is 36.1 Å². The van der Waals surface area contributed by atoms with Crippen molar-refractivity contribution in [2.24, 2.45) is 0 Å². The number of aromatic hydroxyl groups is 1. The molecular formula is C27H30N4O3. The highest BCUT2D eigenvalue weighted by atomic mass is 16.3. The summed E-state index contributed by atoms with van der Waals surface area (Å²) < 4.78 is 0. The van der Waals surface area contributed by atoms with E-state index in [9.17, 15) is 14.7 Å². The summed E-state index contributed by atoms with van der Waals surface area (Å²) in [5.41, 5.74) is 4.07. The highest BCUT2D eigenvalue weighted by Gasteiger charge is 2.14. The molecule has 7 heteroatoms. The molecule has 3 N–H and O–H groups in total. The smallest absolute Gasteiger partial charge is 0.251 e. The van der Waals surface area contributed by atoms with Crippen LogP contribution in [0.4, 0.5) is 0 Å². The molecule has 4 rings (SSSR count). The molecule has 0 atom stereocenters. The van der Waals surface area contributed by atoms with Crippen LogP contribution in [0.1, 0.15) is 34.3 Å². The molecule has 0 saturated carbocycles. The van der Waals surface area contributed by atoms with E-state index in [2.05, 4.69) is 20.5 Å². The quantitative estimate of drug-likeness (QED) is 0.549. The monoisotopic (exact) mass is 458 g/mol. The average Bonchev–Trinajstić information content (AvgIpc) is 2.85. The maximum Gasteiger partial charge on any atom is 0.251 e. The third-order valence-corrected chi connectivity index (χ3v) is 5.92. The summed E-state index contributed by atoms with van der Waals surface area (Å²) in [5.74, 6) is 0.000934. The predicted molar refractivity (Wildman–Crippen MR) is 131 cm³/mol. The summed E-state index contributed by atoms with van der Waals surface area (Å²) >= 11 is 0. The molecule has 0 aliphatic carbocycles. The molecule has 0 fully saturated rings. The van der Waals surface area contributed by atoms with E-state index in [1.807, 2.05) is 42.6 Å². The number of carbonyl (C=O) groups is 2. The van der Waals surface area contributed by atoms with Crippen LogP contribution >= 0.6 is 0 Å². The van der Waals surface area contributed by atoms with Crippen LogP contribution in [0.15, 0.2) is 67.0 Å². The van der Waals surface area contributed by atoms with Crippen LogP contribution in [0, 0.1) is 0 Å². The summed E-state index contributed by atoms with van der Waals surface area (Å²) in [6.45, 7) is 2.74. The second-order valence-corrected chi connectivity index (χ2v) is 8.57. The Labute approximate surface area is 199 Å². The second kappa shape index (κ2) is 11.4. The Bertz CT molecular complexity index is 1130. The van der Waals surface area contributed by atoms with Gasteiger partial charge in [0.25, 0.3) is 5.91 Å². The Morgan fingerprint density at radius 2 is 1.82 bits per heavy atom. The number of phenolic OH excluding ortho intramolecular Hbond substituents is 1. The van der Waals surface area contributed by atoms with Gasteiger partial charge >= 0.3 is 0 Å². The number of carbonyl (C=O) groups excluding carboxylic acids is 2. The molecular weight excluding hydrogens is 428 g/mol. The van der Waals surface area contributed by atoms with Crippen molar-refractivity contribution in [2.45, 2.75) is 25.8 Å². The first-order chi connectivity index (χ1) is 16.6. The molecule has 4 bridgehead atoms. The zero-order valence-corrected chi connectivity index (χ0v) is 19.2. The fourth-order valence-corrected chi connectivity index (χ4v) is 4.13. The van der Waals surface area contributed by atoms with Gasteiger partial charge in [-0.15, -0.1) is 0 Å². The van der Waals surface area contributed by atoms with E-state index < -0.39 is 0 Å². The van der Waals surface area contributed by atoms with Gasteiger partial charge in [0, 0.05) is 43.2 Å². The number of hydrogen-bond acceptors (Lipinski definition) is 5. The van der Waals surface area contributed by atoms with Gasteiger partial charge in [0.15, 0.2) is 0 Å². The van der Waals surface area contributed by atoms with Gasteiger partial charge in [-0.2, -0.15) is 0 Å². The number of phenols is 1. The molecule has 0 radical (unpaired) electrons. The molecule has 1 aromatic heterocycles. The molecule has 2 aromatic carbocycles. The van der Waals surface area contributed by atoms with Gasteiger partial charge in [0.05, 0.1) is 6.54 Å². The number of hydrogen-bond donors (Lipinski definition) is 3. The SMILES string of the molecule is O=C1CN(Cc2cccnc2)CCCCNC(=O)c2cccc(c2)-c2cc(ccc2O)CCN1. The van der Waals surface area contributed by atoms with Gasteiger partial charge in [-0.3, -0.25) is 19.5 Å². The van der Waals surface area contributed by atoms with Gasteiger partial charge < -0.3 is 15.7 Å². The van der Waals surface area contributed by atoms with Crippen molar-refractivity contribution >= 4 is 11.8 Å². The highest BCUT2D eigenvalue weighted by molar-refractivity contribution is 5.95. The Morgan fingerprint density at radius 3 is 2.68 bits per heavy atom. The van der Waals surface area contributed by atoms with Crippen molar-refractivity contribution in [3.63, 3.8) is 0 Å². The van der Waals surface area contributed by atoms with Crippen molar-refractivity contribution in [1.82, 2.24) is 20.5 Å². The van der Waals surface area contributed by atoms with Crippen molar-refractivity contribution in [2.75, 3.05) is 26.2 Å². The maximum atomic E-state index is 12.7. The van der Waals surface area contributed by atoms with Gasteiger partial charge in [-0.1, -0.05) is 24.3 Å². The number of pyridine rings is 1. The minimum Gasteiger partial charge on any atom is -0.507 e. The first-order valence-electron chi connectivity index (χ1n) is 11.7. The number of nitrogens with one attached hydrogen (secondary N) is 2. The Morgan fingerprint density at radius 1 is 0.941 bits per heavy atom. The van der Waals surface area contributed by atoms with Crippen molar-refractivity contribution in [3.05, 3.63) is 83.7 Å². The van der Waals surface area contributed by atoms with Gasteiger partial charge in [0.2, 0.25) is 5.91 Å². The standard InChI is InChI=1S/C27H30N4O3/c32-25-9-8-20-10-13-29-26(33)19-31(18-21-5-4-11-28-17-21)14-2-1-12-30-27(34)23-7-3-6-22(16-23)24(25)15-20/h3-9,11,15-17,32H,1-2,10,12-14,18-19H2,(H,29,33)(H,30,34). The maximum absolute atomic E-state index is 12.7. The molecule has 0 spiro atoms. The molecule has 34 heavy (non-hydrogen) atoms. The number of rotatable bonds is 2. The van der Waals surface area contributed by atoms with Crippen LogP contribution in [0.5, 0.6) is 5.75 Å². The predicted octanol–water partition coefficient (Wildman–Crippen LogP) is 3.14. The summed E-state index contributed by atoms with van der Waals surface area (Å²) in [6, 6.07) is 16.6. The summed E-state index contributed by atoms with van der Waals surface area (Å²) in [7, 11) is 0. The summed E-state index contributed by atoms with van der Waals surface area (Å²) in [6.07, 6.45) is 5.86. The highest BCUT2D eigenvalue weighted by Crippen LogP contribution is 2.30. The summed E-state index contributed by atoms with van der Waals surface area (Å²) in [4.78, 5) is 31.6. The van der Waals surface area contributed by atoms with Crippen LogP contribution < -0.4 is 10.6 Å². The van der Waals surface area contributed by atoms with Crippen LogP contribution in [0.25, 0.3) is 11.1 Å². The van der Waals surface area contributed by atoms with Crippen LogP contribution in [0.3, 0.4) is 0 Å². The molecule has 1 aliphatic rings. The average molecular weight is 459 g/mol. The Balaban J connectivity index is 1.52. The Hall–Kier alpha value is -3.71. The lowest BCUT2D eigenvalue weighted by Crippen LogP contribution is -2.38. The van der Waals surface area contributed by atoms with E-state index in [0.29, 0.717) is 43.7 Å². The minimum absolute atomic E-state index is 0.0231. The lowest BCUT2D eigenvalue weighted by Gasteiger charge is -2.22. The fraction of sp³-hybridized carbons (Fsp3) is 0.296. The summed E-state index contributed by atoms with van der Waals surface area (Å²) in [5, 5.41) is 16.4. The van der Waals surface area contributed by atoms with Gasteiger partial charge in [-0.25, -0.2) is 0 Å². The molecule has 3 aromatic rings. The lowest BCUT2D eigenvalue weighted by atomic mass is 9.98. The molecule has 7 nitrogen and oxygen atoms in total. The van der Waals surface area contributed by atoms with E-state index >= 15 is 0 Å². The first kappa shape index (κ1) is 23.4. The number of benzene rings is 2. The van der Waals surface area contributed by atoms with E-state index in [1.54, 1.807) is 24.4 Å². The van der Waals surface area contributed by atoms with E-state index in [4.69, 9.17) is 0 Å². The fourth-order valence-electron chi connectivity index (χ4n) is 4.13. The lowest BCUT2D eigenvalue weighted by molar-refractivity contribution is -0.122. The number of amides is 2. The third kappa shape index (κ3) is 6.42. The van der Waals surface area contributed by atoms with E-state index in [1.165, 1.54) is 0 Å². The zero-order valence-electron chi connectivity index (χ0n) is 19.2. The largest absolute Gasteiger partial charge is 0.507 e. The van der Waals surface area contributed by atoms with Crippen molar-refractivity contribution < 1.29 is 14.7 Å². The Kier molecular flexibility index (Phi) is 7.88. The second-order valence-electron chi connectivity index (χ2n) is 8.57. The van der Waals surface area contributed by atoms with Gasteiger partial charge in [0.1, 0.15) is 5.75 Å². The topological polar surface area (TPSA) is 94.6 Å². The van der Waals surface area contributed by atoms with Crippen LogP contribution in [0.2, 0.25) is 0 Å². The first-order valence-corrected chi connectivity index (χ1v) is 11.7. The molecule has 1 aliphatic heterocycles.